The van der Waals surface area contributed by atoms with E-state index in [-0.39, 0.29) is 11.7 Å². The van der Waals surface area contributed by atoms with Gasteiger partial charge in [0.25, 0.3) is 5.92 Å². The predicted octanol–water partition coefficient (Wildman–Crippen LogP) is 1.67. The summed E-state index contributed by atoms with van der Waals surface area (Å²) in [5, 5.41) is 0. The van der Waals surface area contributed by atoms with Gasteiger partial charge in [-0.2, -0.15) is 0 Å². The van der Waals surface area contributed by atoms with Crippen molar-refractivity contribution in [2.45, 2.75) is 44.4 Å². The van der Waals surface area contributed by atoms with Crippen molar-refractivity contribution in [3.8, 4) is 0 Å². The summed E-state index contributed by atoms with van der Waals surface area (Å²) in [6, 6.07) is 0. The molecule has 0 aliphatic heterocycles. The third-order valence-corrected chi connectivity index (χ3v) is 5.00. The number of halogens is 2. The van der Waals surface area contributed by atoms with Crippen molar-refractivity contribution in [3.63, 3.8) is 0 Å². The summed E-state index contributed by atoms with van der Waals surface area (Å²) in [6.07, 6.45) is 4.21. The summed E-state index contributed by atoms with van der Waals surface area (Å²) in [7, 11) is -3.77. The molecule has 2 saturated carbocycles. The van der Waals surface area contributed by atoms with Gasteiger partial charge in [0, 0.05) is 6.42 Å². The Labute approximate surface area is 105 Å². The monoisotopic (exact) mass is 281 g/mol. The normalized spacial score (nSPS) is 27.8. The minimum absolute atomic E-state index is 0.0452. The lowest BCUT2D eigenvalue weighted by atomic mass is 9.91. The highest BCUT2D eigenvalue weighted by Crippen LogP contribution is 2.48. The van der Waals surface area contributed by atoms with Gasteiger partial charge in [0.15, 0.2) is 0 Å². The van der Waals surface area contributed by atoms with Crippen LogP contribution in [0.15, 0.2) is 0 Å². The first-order valence-corrected chi connectivity index (χ1v) is 7.87. The van der Waals surface area contributed by atoms with Crippen LogP contribution in [-0.4, -0.2) is 26.0 Å². The molecule has 2 aliphatic carbocycles. The van der Waals surface area contributed by atoms with Gasteiger partial charge in [0.1, 0.15) is 5.92 Å². The highest BCUT2D eigenvalue weighted by Gasteiger charge is 2.61. The van der Waals surface area contributed by atoms with Gasteiger partial charge in [0.05, 0.1) is 5.75 Å². The molecule has 0 heterocycles. The van der Waals surface area contributed by atoms with Crippen molar-refractivity contribution >= 4 is 15.9 Å². The molecule has 2 aliphatic rings. The van der Waals surface area contributed by atoms with E-state index < -0.39 is 34.2 Å². The molecule has 0 aromatic rings. The van der Waals surface area contributed by atoms with Crippen LogP contribution in [0, 0.1) is 11.8 Å². The molecule has 7 heteroatoms. The number of carbonyl (C=O) groups excluding carboxylic acids is 1. The average molecular weight is 281 g/mol. The molecule has 2 rings (SSSR count). The van der Waals surface area contributed by atoms with Crippen LogP contribution in [0.4, 0.5) is 8.78 Å². The highest BCUT2D eigenvalue weighted by atomic mass is 32.2. The van der Waals surface area contributed by atoms with Crippen LogP contribution in [0.2, 0.25) is 0 Å². The quantitative estimate of drug-likeness (QED) is 0.852. The molecule has 0 saturated heterocycles. The minimum Gasteiger partial charge on any atom is -0.273 e. The third kappa shape index (κ3) is 3.40. The highest BCUT2D eigenvalue weighted by molar-refractivity contribution is 7.90. The second-order valence-corrected chi connectivity index (χ2v) is 7.04. The Hall–Kier alpha value is -0.720. The van der Waals surface area contributed by atoms with Crippen LogP contribution < -0.4 is 4.72 Å². The van der Waals surface area contributed by atoms with Crippen molar-refractivity contribution in [1.29, 1.82) is 0 Å². The van der Waals surface area contributed by atoms with Gasteiger partial charge in [-0.3, -0.25) is 9.52 Å². The van der Waals surface area contributed by atoms with E-state index >= 15 is 0 Å². The van der Waals surface area contributed by atoms with Gasteiger partial charge in [-0.15, -0.1) is 0 Å². The van der Waals surface area contributed by atoms with Crippen LogP contribution in [0.3, 0.4) is 0 Å². The van der Waals surface area contributed by atoms with Gasteiger partial charge in [-0.1, -0.05) is 19.3 Å². The van der Waals surface area contributed by atoms with Gasteiger partial charge < -0.3 is 0 Å². The molecule has 0 spiro atoms. The van der Waals surface area contributed by atoms with Gasteiger partial charge in [0.2, 0.25) is 15.9 Å². The Morgan fingerprint density at radius 1 is 1.22 bits per heavy atom. The molecule has 104 valence electrons. The molecule has 2 fully saturated rings. The largest absolute Gasteiger partial charge is 0.273 e. The number of rotatable bonds is 4. The molecule has 1 atom stereocenters. The Bertz CT molecular complexity index is 430. The number of hydrogen-bond acceptors (Lipinski definition) is 3. The second kappa shape index (κ2) is 4.75. The van der Waals surface area contributed by atoms with Crippen LogP contribution in [0.5, 0.6) is 0 Å². The fourth-order valence-electron chi connectivity index (χ4n) is 2.43. The molecule has 0 unspecified atom stereocenters. The molecule has 1 amide bonds. The maximum atomic E-state index is 12.6. The van der Waals surface area contributed by atoms with Crippen molar-refractivity contribution in [2.24, 2.45) is 11.8 Å². The summed E-state index contributed by atoms with van der Waals surface area (Å²) >= 11 is 0. The lowest BCUT2D eigenvalue weighted by molar-refractivity contribution is -0.122. The topological polar surface area (TPSA) is 63.2 Å². The molecule has 0 aromatic heterocycles. The summed E-state index contributed by atoms with van der Waals surface area (Å²) in [6.45, 7) is 0. The zero-order chi connectivity index (χ0) is 13.4. The van der Waals surface area contributed by atoms with Crippen LogP contribution >= 0.6 is 0 Å². The first-order chi connectivity index (χ1) is 8.30. The number of carbonyl (C=O) groups is 1. The van der Waals surface area contributed by atoms with Crippen molar-refractivity contribution < 1.29 is 22.0 Å². The average Bonchev–Trinajstić information content (AvgIpc) is 2.88. The molecule has 0 bridgehead atoms. The zero-order valence-electron chi connectivity index (χ0n) is 9.99. The number of sulfonamides is 1. The molecule has 0 radical (unpaired) electrons. The fourth-order valence-corrected chi connectivity index (χ4v) is 3.91. The summed E-state index contributed by atoms with van der Waals surface area (Å²) < 4.78 is 50.4. The van der Waals surface area contributed by atoms with E-state index in [2.05, 4.69) is 0 Å². The van der Waals surface area contributed by atoms with Crippen LogP contribution in [-0.2, 0) is 14.8 Å². The summed E-state index contributed by atoms with van der Waals surface area (Å²) in [5.74, 6) is -5.63. The predicted molar refractivity (Wildman–Crippen MR) is 61.6 cm³/mol. The van der Waals surface area contributed by atoms with E-state index in [9.17, 15) is 22.0 Å². The van der Waals surface area contributed by atoms with E-state index in [0.29, 0.717) is 0 Å². The number of hydrogen-bond donors (Lipinski definition) is 1. The Kier molecular flexibility index (Phi) is 3.62. The molecule has 1 N–H and O–H groups in total. The smallest absolute Gasteiger partial charge is 0.260 e. The third-order valence-electron chi connectivity index (χ3n) is 3.58. The zero-order valence-corrected chi connectivity index (χ0v) is 10.8. The maximum Gasteiger partial charge on any atom is 0.260 e. The van der Waals surface area contributed by atoms with E-state index in [1.54, 1.807) is 4.72 Å². The fraction of sp³-hybridized carbons (Fsp3) is 0.909. The lowest BCUT2D eigenvalue weighted by Gasteiger charge is -2.21. The summed E-state index contributed by atoms with van der Waals surface area (Å²) in [5.41, 5.74) is 0. The minimum atomic E-state index is -3.77. The van der Waals surface area contributed by atoms with Gasteiger partial charge in [-0.05, 0) is 18.8 Å². The Morgan fingerprint density at radius 3 is 2.28 bits per heavy atom. The lowest BCUT2D eigenvalue weighted by Crippen LogP contribution is -2.37. The van der Waals surface area contributed by atoms with E-state index in [0.717, 1.165) is 32.1 Å². The SMILES string of the molecule is O=C(NS(=O)(=O)CC1CCCCC1)[C@H]1CC1(F)F. The van der Waals surface area contributed by atoms with Crippen molar-refractivity contribution in [1.82, 2.24) is 4.72 Å². The first kappa shape index (κ1) is 13.7. The van der Waals surface area contributed by atoms with Gasteiger partial charge >= 0.3 is 0 Å². The van der Waals surface area contributed by atoms with Crippen LogP contribution in [0.25, 0.3) is 0 Å². The molecule has 0 aromatic carbocycles. The molecular weight excluding hydrogens is 264 g/mol. The number of nitrogens with one attached hydrogen (secondary N) is 1. The summed E-state index contributed by atoms with van der Waals surface area (Å²) in [4.78, 5) is 11.3. The van der Waals surface area contributed by atoms with Crippen LogP contribution in [0.1, 0.15) is 38.5 Å². The number of alkyl halides is 2. The van der Waals surface area contributed by atoms with Gasteiger partial charge in [-0.25, -0.2) is 17.2 Å². The van der Waals surface area contributed by atoms with Crippen molar-refractivity contribution in [2.75, 3.05) is 5.75 Å². The second-order valence-electron chi connectivity index (χ2n) is 5.27. The van der Waals surface area contributed by atoms with E-state index in [1.807, 2.05) is 0 Å². The Balaban J connectivity index is 1.85. The molecule has 18 heavy (non-hydrogen) atoms. The van der Waals surface area contributed by atoms with E-state index in [1.165, 1.54) is 0 Å². The maximum absolute atomic E-state index is 12.6. The van der Waals surface area contributed by atoms with E-state index in [4.69, 9.17) is 0 Å². The van der Waals surface area contributed by atoms with Crippen molar-refractivity contribution in [3.05, 3.63) is 0 Å². The molecular formula is C11H17F2NO3S. The molecule has 4 nitrogen and oxygen atoms in total. The Morgan fingerprint density at radius 2 is 1.78 bits per heavy atom. The standard InChI is InChI=1S/C11H17F2NO3S/c12-11(13)6-9(11)10(15)14-18(16,17)7-8-4-2-1-3-5-8/h8-9H,1-7H2,(H,14,15)/t9-/m1/s1. The first-order valence-electron chi connectivity index (χ1n) is 6.22. The number of amides is 1.